The Morgan fingerprint density at radius 2 is 1.50 bits per heavy atom. The van der Waals surface area contributed by atoms with E-state index in [0.29, 0.717) is 12.5 Å². The van der Waals surface area contributed by atoms with Gasteiger partial charge in [-0.3, -0.25) is 0 Å². The van der Waals surface area contributed by atoms with Gasteiger partial charge in [0.1, 0.15) is 12.4 Å². The minimum absolute atomic E-state index is 0.612. The molecule has 0 heterocycles. The van der Waals surface area contributed by atoms with E-state index in [9.17, 15) is 0 Å². The first-order valence-electron chi connectivity index (χ1n) is 7.16. The Balaban J connectivity index is 1.89. The highest BCUT2D eigenvalue weighted by Crippen LogP contribution is 2.17. The molecule has 2 nitrogen and oxygen atoms in total. The summed E-state index contributed by atoms with van der Waals surface area (Å²) in [7, 11) is 1.91. The molecule has 0 fully saturated rings. The van der Waals surface area contributed by atoms with E-state index in [-0.39, 0.29) is 0 Å². The van der Waals surface area contributed by atoms with Crippen LogP contribution in [0.1, 0.15) is 25.0 Å². The lowest BCUT2D eigenvalue weighted by Gasteiger charge is -2.09. The van der Waals surface area contributed by atoms with E-state index in [4.69, 9.17) is 4.74 Å². The van der Waals surface area contributed by atoms with Gasteiger partial charge in [-0.25, -0.2) is 0 Å². The van der Waals surface area contributed by atoms with Crippen molar-refractivity contribution >= 4 is 5.69 Å². The van der Waals surface area contributed by atoms with E-state index >= 15 is 0 Å². The minimum atomic E-state index is 0.612. The summed E-state index contributed by atoms with van der Waals surface area (Å²) < 4.78 is 5.78. The molecule has 106 valence electrons. The van der Waals surface area contributed by atoms with Crippen LogP contribution in [0.3, 0.4) is 0 Å². The van der Waals surface area contributed by atoms with E-state index in [1.807, 2.05) is 31.3 Å². The molecule has 0 aliphatic carbocycles. The normalized spacial score (nSPS) is 10.6. The molecule has 2 aromatic rings. The van der Waals surface area contributed by atoms with E-state index in [2.05, 4.69) is 43.4 Å². The first-order chi connectivity index (χ1) is 9.67. The monoisotopic (exact) mass is 269 g/mol. The molecule has 20 heavy (non-hydrogen) atoms. The van der Waals surface area contributed by atoms with Crippen LogP contribution in [-0.2, 0) is 13.0 Å². The fourth-order valence-corrected chi connectivity index (χ4v) is 2.13. The highest BCUT2D eigenvalue weighted by Gasteiger charge is 2.00. The van der Waals surface area contributed by atoms with E-state index in [1.54, 1.807) is 0 Å². The zero-order chi connectivity index (χ0) is 14.4. The highest BCUT2D eigenvalue weighted by molar-refractivity contribution is 5.45. The van der Waals surface area contributed by atoms with Crippen LogP contribution in [0.5, 0.6) is 5.75 Å². The second-order valence-corrected chi connectivity index (χ2v) is 5.48. The Kier molecular flexibility index (Phi) is 5.05. The number of anilines is 1. The average molecular weight is 269 g/mol. The fraction of sp³-hybridized carbons (Fsp3) is 0.333. The van der Waals surface area contributed by atoms with Gasteiger partial charge in [0.25, 0.3) is 0 Å². The molecule has 2 aromatic carbocycles. The summed E-state index contributed by atoms with van der Waals surface area (Å²) >= 11 is 0. The summed E-state index contributed by atoms with van der Waals surface area (Å²) in [5.74, 6) is 1.60. The SMILES string of the molecule is CNc1ccc(OCc2ccc(CC(C)C)cc2)cc1. The molecule has 1 N–H and O–H groups in total. The van der Waals surface area contributed by atoms with Crippen molar-refractivity contribution < 1.29 is 4.74 Å². The van der Waals surface area contributed by atoms with Crippen molar-refractivity contribution in [3.05, 3.63) is 59.7 Å². The van der Waals surface area contributed by atoms with Crippen LogP contribution in [0.2, 0.25) is 0 Å². The van der Waals surface area contributed by atoms with Gasteiger partial charge in [-0.05, 0) is 47.7 Å². The average Bonchev–Trinajstić information content (AvgIpc) is 2.46. The molecule has 2 heteroatoms. The van der Waals surface area contributed by atoms with Gasteiger partial charge >= 0.3 is 0 Å². The van der Waals surface area contributed by atoms with Gasteiger partial charge in [0, 0.05) is 12.7 Å². The molecule has 0 aliphatic rings. The first kappa shape index (κ1) is 14.4. The lowest BCUT2D eigenvalue weighted by Crippen LogP contribution is -1.97. The van der Waals surface area contributed by atoms with Gasteiger partial charge in [-0.2, -0.15) is 0 Å². The quantitative estimate of drug-likeness (QED) is 0.833. The zero-order valence-corrected chi connectivity index (χ0v) is 12.5. The molecule has 0 amide bonds. The zero-order valence-electron chi connectivity index (χ0n) is 12.5. The van der Waals surface area contributed by atoms with Crippen molar-refractivity contribution in [2.75, 3.05) is 12.4 Å². The molecule has 0 spiro atoms. The molecule has 0 aliphatic heterocycles. The largest absolute Gasteiger partial charge is 0.489 e. The molecule has 0 saturated carbocycles. The first-order valence-corrected chi connectivity index (χ1v) is 7.16. The number of rotatable bonds is 6. The predicted octanol–water partition coefficient (Wildman–Crippen LogP) is 4.51. The van der Waals surface area contributed by atoms with E-state index in [0.717, 1.165) is 17.9 Å². The van der Waals surface area contributed by atoms with Crippen LogP contribution in [0.25, 0.3) is 0 Å². The lowest BCUT2D eigenvalue weighted by atomic mass is 10.0. The lowest BCUT2D eigenvalue weighted by molar-refractivity contribution is 0.306. The highest BCUT2D eigenvalue weighted by atomic mass is 16.5. The van der Waals surface area contributed by atoms with Gasteiger partial charge in [-0.15, -0.1) is 0 Å². The minimum Gasteiger partial charge on any atom is -0.489 e. The molecule has 0 aromatic heterocycles. The van der Waals surface area contributed by atoms with Gasteiger partial charge in [0.2, 0.25) is 0 Å². The van der Waals surface area contributed by atoms with Crippen molar-refractivity contribution in [2.45, 2.75) is 26.9 Å². The van der Waals surface area contributed by atoms with E-state index in [1.165, 1.54) is 11.1 Å². The number of ether oxygens (including phenoxy) is 1. The van der Waals surface area contributed by atoms with Crippen LogP contribution in [0.4, 0.5) is 5.69 Å². The van der Waals surface area contributed by atoms with Crippen molar-refractivity contribution in [1.82, 2.24) is 0 Å². The van der Waals surface area contributed by atoms with Crippen LogP contribution >= 0.6 is 0 Å². The van der Waals surface area contributed by atoms with Crippen LogP contribution in [-0.4, -0.2) is 7.05 Å². The molecule has 0 saturated heterocycles. The molecule has 0 radical (unpaired) electrons. The van der Waals surface area contributed by atoms with Crippen LogP contribution < -0.4 is 10.1 Å². The maximum atomic E-state index is 5.78. The number of hydrogen-bond acceptors (Lipinski definition) is 2. The second kappa shape index (κ2) is 6.99. The van der Waals surface area contributed by atoms with E-state index < -0.39 is 0 Å². The number of nitrogens with one attached hydrogen (secondary N) is 1. The van der Waals surface area contributed by atoms with Crippen molar-refractivity contribution in [3.63, 3.8) is 0 Å². The summed E-state index contributed by atoms with van der Waals surface area (Å²) in [4.78, 5) is 0. The van der Waals surface area contributed by atoms with Crippen molar-refractivity contribution in [2.24, 2.45) is 5.92 Å². The maximum absolute atomic E-state index is 5.78. The Morgan fingerprint density at radius 1 is 0.900 bits per heavy atom. The smallest absolute Gasteiger partial charge is 0.119 e. The number of hydrogen-bond donors (Lipinski definition) is 1. The summed E-state index contributed by atoms with van der Waals surface area (Å²) in [6, 6.07) is 16.7. The van der Waals surface area contributed by atoms with Gasteiger partial charge in [0.05, 0.1) is 0 Å². The Hall–Kier alpha value is -1.96. The van der Waals surface area contributed by atoms with Crippen LogP contribution in [0, 0.1) is 5.92 Å². The Labute approximate surface area is 121 Å². The van der Waals surface area contributed by atoms with Crippen LogP contribution in [0.15, 0.2) is 48.5 Å². The van der Waals surface area contributed by atoms with Gasteiger partial charge in [-0.1, -0.05) is 38.1 Å². The molecule has 0 bridgehead atoms. The molecule has 2 rings (SSSR count). The summed E-state index contributed by atoms with van der Waals surface area (Å²) in [5, 5.41) is 3.09. The van der Waals surface area contributed by atoms with Gasteiger partial charge in [0.15, 0.2) is 0 Å². The van der Waals surface area contributed by atoms with Crippen molar-refractivity contribution in [1.29, 1.82) is 0 Å². The molecular formula is C18H23NO. The standard InChI is InChI=1S/C18H23NO/c1-14(2)12-15-4-6-16(7-5-15)13-20-18-10-8-17(19-3)9-11-18/h4-11,14,19H,12-13H2,1-3H3. The fourth-order valence-electron chi connectivity index (χ4n) is 2.13. The molecular weight excluding hydrogens is 246 g/mol. The van der Waals surface area contributed by atoms with Gasteiger partial charge < -0.3 is 10.1 Å². The molecule has 0 atom stereocenters. The van der Waals surface area contributed by atoms with Crippen molar-refractivity contribution in [3.8, 4) is 5.75 Å². The number of benzene rings is 2. The third kappa shape index (κ3) is 4.30. The topological polar surface area (TPSA) is 21.3 Å². The third-order valence-corrected chi connectivity index (χ3v) is 3.22. The summed E-state index contributed by atoms with van der Waals surface area (Å²) in [5.41, 5.74) is 3.69. The second-order valence-electron chi connectivity index (χ2n) is 5.48. The Morgan fingerprint density at radius 3 is 2.05 bits per heavy atom. The summed E-state index contributed by atoms with van der Waals surface area (Å²) in [6.07, 6.45) is 1.13. The predicted molar refractivity (Wildman–Crippen MR) is 85.3 cm³/mol. The maximum Gasteiger partial charge on any atom is 0.119 e. The summed E-state index contributed by atoms with van der Waals surface area (Å²) in [6.45, 7) is 5.10. The third-order valence-electron chi connectivity index (χ3n) is 3.22. The Bertz CT molecular complexity index is 514. The molecule has 0 unspecified atom stereocenters.